The summed E-state index contributed by atoms with van der Waals surface area (Å²) in [6.07, 6.45) is 2.38. The van der Waals surface area contributed by atoms with E-state index in [0.29, 0.717) is 23.0 Å². The number of nitrogens with one attached hydrogen (secondary N) is 1. The molecule has 0 radical (unpaired) electrons. The quantitative estimate of drug-likeness (QED) is 0.863. The molecule has 1 saturated carbocycles. The number of rotatable bonds is 4. The maximum Gasteiger partial charge on any atom is 0.251 e. The van der Waals surface area contributed by atoms with Crippen molar-refractivity contribution in [2.45, 2.75) is 25.8 Å². The first-order valence-electron chi connectivity index (χ1n) is 5.88. The summed E-state index contributed by atoms with van der Waals surface area (Å²) in [4.78, 5) is 11.9. The van der Waals surface area contributed by atoms with E-state index >= 15 is 0 Å². The van der Waals surface area contributed by atoms with Gasteiger partial charge in [0, 0.05) is 23.2 Å². The molecular formula is C13H17ClN2O. The molecule has 0 bridgehead atoms. The smallest absolute Gasteiger partial charge is 0.251 e. The summed E-state index contributed by atoms with van der Waals surface area (Å²) in [5.74, 6) is 0.497. The number of benzene rings is 1. The summed E-state index contributed by atoms with van der Waals surface area (Å²) in [5, 5.41) is 3.48. The Morgan fingerprint density at radius 2 is 2.29 bits per heavy atom. The fourth-order valence-electron chi connectivity index (χ4n) is 1.85. The van der Waals surface area contributed by atoms with Gasteiger partial charge in [0.15, 0.2) is 0 Å². The second-order valence-electron chi connectivity index (χ2n) is 4.62. The molecule has 2 rings (SSSR count). The second kappa shape index (κ2) is 5.07. The topological polar surface area (TPSA) is 55.1 Å². The second-order valence-corrected chi connectivity index (χ2v) is 5.03. The largest absolute Gasteiger partial charge is 0.350 e. The van der Waals surface area contributed by atoms with Crippen LogP contribution in [0, 0.1) is 12.8 Å². The lowest BCUT2D eigenvalue weighted by Crippen LogP contribution is -2.38. The number of hydrogen-bond acceptors (Lipinski definition) is 2. The molecule has 3 N–H and O–H groups in total. The van der Waals surface area contributed by atoms with Crippen LogP contribution in [-0.2, 0) is 0 Å². The van der Waals surface area contributed by atoms with Gasteiger partial charge in [-0.15, -0.1) is 0 Å². The van der Waals surface area contributed by atoms with E-state index in [4.69, 9.17) is 17.3 Å². The van der Waals surface area contributed by atoms with Crippen molar-refractivity contribution >= 4 is 17.5 Å². The molecule has 0 spiro atoms. The molecule has 1 amide bonds. The third-order valence-corrected chi connectivity index (χ3v) is 3.65. The van der Waals surface area contributed by atoms with E-state index in [1.807, 2.05) is 6.92 Å². The van der Waals surface area contributed by atoms with Crippen LogP contribution in [0.2, 0.25) is 5.02 Å². The number of amides is 1. The lowest BCUT2D eigenvalue weighted by molar-refractivity contribution is 0.0949. The molecule has 0 aliphatic heterocycles. The van der Waals surface area contributed by atoms with Gasteiger partial charge in [0.1, 0.15) is 0 Å². The first-order chi connectivity index (χ1) is 8.09. The van der Waals surface area contributed by atoms with Crippen LogP contribution in [0.3, 0.4) is 0 Å². The third-order valence-electron chi connectivity index (χ3n) is 3.24. The Bertz CT molecular complexity index is 429. The average molecular weight is 253 g/mol. The van der Waals surface area contributed by atoms with Gasteiger partial charge in [-0.05, 0) is 43.4 Å². The van der Waals surface area contributed by atoms with E-state index in [-0.39, 0.29) is 11.9 Å². The standard InChI is InChI=1S/C13H17ClN2O/c1-8-10(3-2-4-11(8)14)13(17)16-7-12(15)9-5-6-9/h2-4,9,12H,5-7,15H2,1H3,(H,16,17). The molecule has 1 aromatic rings. The van der Waals surface area contributed by atoms with Crippen molar-refractivity contribution in [3.05, 3.63) is 34.3 Å². The van der Waals surface area contributed by atoms with Crippen LogP contribution in [0.25, 0.3) is 0 Å². The zero-order valence-corrected chi connectivity index (χ0v) is 10.6. The molecule has 1 aliphatic carbocycles. The Hall–Kier alpha value is -1.06. The predicted molar refractivity (Wildman–Crippen MR) is 69.2 cm³/mol. The fourth-order valence-corrected chi connectivity index (χ4v) is 2.02. The molecule has 4 heteroatoms. The van der Waals surface area contributed by atoms with Crippen molar-refractivity contribution in [3.8, 4) is 0 Å². The van der Waals surface area contributed by atoms with Crippen LogP contribution in [0.4, 0.5) is 0 Å². The molecule has 1 aromatic carbocycles. The highest BCUT2D eigenvalue weighted by Crippen LogP contribution is 2.31. The summed E-state index contributed by atoms with van der Waals surface area (Å²) in [6.45, 7) is 2.38. The summed E-state index contributed by atoms with van der Waals surface area (Å²) < 4.78 is 0. The summed E-state index contributed by atoms with van der Waals surface area (Å²) >= 11 is 5.98. The minimum absolute atomic E-state index is 0.0819. The number of carbonyl (C=O) groups is 1. The van der Waals surface area contributed by atoms with E-state index in [1.165, 1.54) is 12.8 Å². The van der Waals surface area contributed by atoms with Crippen LogP contribution in [0.15, 0.2) is 18.2 Å². The highest BCUT2D eigenvalue weighted by Gasteiger charge is 2.28. The van der Waals surface area contributed by atoms with Gasteiger partial charge in [0.25, 0.3) is 5.91 Å². The summed E-state index contributed by atoms with van der Waals surface area (Å²) in [5.41, 5.74) is 7.37. The molecule has 0 heterocycles. The van der Waals surface area contributed by atoms with Crippen LogP contribution in [0.1, 0.15) is 28.8 Å². The molecule has 0 aromatic heterocycles. The van der Waals surface area contributed by atoms with Crippen molar-refractivity contribution in [1.29, 1.82) is 0 Å². The van der Waals surface area contributed by atoms with Gasteiger partial charge >= 0.3 is 0 Å². The van der Waals surface area contributed by atoms with Crippen molar-refractivity contribution in [3.63, 3.8) is 0 Å². The molecule has 92 valence electrons. The minimum Gasteiger partial charge on any atom is -0.350 e. The van der Waals surface area contributed by atoms with Gasteiger partial charge in [-0.3, -0.25) is 4.79 Å². The van der Waals surface area contributed by atoms with E-state index in [9.17, 15) is 4.79 Å². The number of hydrogen-bond donors (Lipinski definition) is 2. The first kappa shape index (κ1) is 12.4. The molecular weight excluding hydrogens is 236 g/mol. The van der Waals surface area contributed by atoms with Crippen LogP contribution >= 0.6 is 11.6 Å². The Labute approximate surface area is 106 Å². The highest BCUT2D eigenvalue weighted by atomic mass is 35.5. The molecule has 1 unspecified atom stereocenters. The maximum atomic E-state index is 11.9. The minimum atomic E-state index is -0.0962. The fraction of sp³-hybridized carbons (Fsp3) is 0.462. The SMILES string of the molecule is Cc1c(Cl)cccc1C(=O)NCC(N)C1CC1. The van der Waals surface area contributed by atoms with Crippen LogP contribution in [-0.4, -0.2) is 18.5 Å². The molecule has 1 fully saturated rings. The van der Waals surface area contributed by atoms with Gasteiger partial charge in [0.2, 0.25) is 0 Å². The predicted octanol–water partition coefficient (Wildman–Crippen LogP) is 2.12. The van der Waals surface area contributed by atoms with Crippen molar-refractivity contribution < 1.29 is 4.79 Å². The summed E-state index contributed by atoms with van der Waals surface area (Å²) in [6, 6.07) is 5.42. The van der Waals surface area contributed by atoms with Crippen molar-refractivity contribution in [2.75, 3.05) is 6.54 Å². The molecule has 17 heavy (non-hydrogen) atoms. The average Bonchev–Trinajstić information content (AvgIpc) is 3.13. The van der Waals surface area contributed by atoms with Gasteiger partial charge in [-0.1, -0.05) is 17.7 Å². The molecule has 1 aliphatic rings. The molecule has 3 nitrogen and oxygen atoms in total. The Morgan fingerprint density at radius 3 is 2.94 bits per heavy atom. The number of halogens is 1. The Balaban J connectivity index is 1.96. The molecule has 1 atom stereocenters. The zero-order valence-electron chi connectivity index (χ0n) is 9.87. The van der Waals surface area contributed by atoms with E-state index in [0.717, 1.165) is 5.56 Å². The number of nitrogens with two attached hydrogens (primary N) is 1. The van der Waals surface area contributed by atoms with Gasteiger partial charge in [0.05, 0.1) is 0 Å². The van der Waals surface area contributed by atoms with Gasteiger partial charge in [-0.2, -0.15) is 0 Å². The van der Waals surface area contributed by atoms with Gasteiger partial charge < -0.3 is 11.1 Å². The van der Waals surface area contributed by atoms with Crippen LogP contribution in [0.5, 0.6) is 0 Å². The lowest BCUT2D eigenvalue weighted by Gasteiger charge is -2.13. The zero-order chi connectivity index (χ0) is 12.4. The lowest BCUT2D eigenvalue weighted by atomic mass is 10.1. The first-order valence-corrected chi connectivity index (χ1v) is 6.26. The Morgan fingerprint density at radius 1 is 1.59 bits per heavy atom. The monoisotopic (exact) mass is 252 g/mol. The third kappa shape index (κ3) is 2.99. The number of carbonyl (C=O) groups excluding carboxylic acids is 1. The van der Waals surface area contributed by atoms with Crippen molar-refractivity contribution in [1.82, 2.24) is 5.32 Å². The highest BCUT2D eigenvalue weighted by molar-refractivity contribution is 6.31. The maximum absolute atomic E-state index is 11.9. The normalized spacial score (nSPS) is 16.6. The van der Waals surface area contributed by atoms with E-state index < -0.39 is 0 Å². The Kier molecular flexibility index (Phi) is 3.69. The van der Waals surface area contributed by atoms with Crippen LogP contribution < -0.4 is 11.1 Å². The van der Waals surface area contributed by atoms with Crippen molar-refractivity contribution in [2.24, 2.45) is 11.7 Å². The van der Waals surface area contributed by atoms with E-state index in [2.05, 4.69) is 5.32 Å². The summed E-state index contributed by atoms with van der Waals surface area (Å²) in [7, 11) is 0. The molecule has 0 saturated heterocycles. The van der Waals surface area contributed by atoms with Gasteiger partial charge in [-0.25, -0.2) is 0 Å². The van der Waals surface area contributed by atoms with E-state index in [1.54, 1.807) is 18.2 Å².